The van der Waals surface area contributed by atoms with E-state index >= 15 is 0 Å². The second kappa shape index (κ2) is 10.9. The molecule has 37 heavy (non-hydrogen) atoms. The Morgan fingerprint density at radius 3 is 2.49 bits per heavy atom. The van der Waals surface area contributed by atoms with Crippen molar-refractivity contribution in [3.63, 3.8) is 0 Å². The highest BCUT2D eigenvalue weighted by Crippen LogP contribution is 2.35. The van der Waals surface area contributed by atoms with Gasteiger partial charge in [0.25, 0.3) is 12.3 Å². The third-order valence-electron chi connectivity index (χ3n) is 6.52. The van der Waals surface area contributed by atoms with Crippen molar-refractivity contribution in [1.82, 2.24) is 9.78 Å². The molecular weight excluding hydrogens is 472 g/mol. The van der Waals surface area contributed by atoms with E-state index in [0.717, 1.165) is 41.9 Å². The van der Waals surface area contributed by atoms with Gasteiger partial charge in [-0.1, -0.05) is 49.2 Å². The minimum absolute atomic E-state index is 0.0172. The monoisotopic (exact) mass is 501 g/mol. The molecule has 1 amide bonds. The predicted molar refractivity (Wildman–Crippen MR) is 142 cm³/mol. The average molecular weight is 502 g/mol. The van der Waals surface area contributed by atoms with E-state index in [2.05, 4.69) is 27.4 Å². The van der Waals surface area contributed by atoms with Crippen molar-refractivity contribution in [2.45, 2.75) is 32.2 Å². The SMILES string of the molecule is NCc1cccc(-n2nc(C(F)F)cc2C(=O)Nc2cccc(N(CCC3CC3)c3ccccc3)c2)c1. The fourth-order valence-corrected chi connectivity index (χ4v) is 4.36. The number of anilines is 3. The maximum atomic E-state index is 13.5. The normalized spacial score (nSPS) is 13.1. The summed E-state index contributed by atoms with van der Waals surface area (Å²) in [4.78, 5) is 15.6. The Bertz CT molecular complexity index is 1370. The minimum atomic E-state index is -2.81. The van der Waals surface area contributed by atoms with Crippen molar-refractivity contribution >= 4 is 23.0 Å². The molecule has 1 aliphatic rings. The van der Waals surface area contributed by atoms with Gasteiger partial charge in [-0.15, -0.1) is 0 Å². The Morgan fingerprint density at radius 2 is 1.76 bits per heavy atom. The molecule has 0 unspecified atom stereocenters. The summed E-state index contributed by atoms with van der Waals surface area (Å²) in [6.07, 6.45) is 0.852. The van der Waals surface area contributed by atoms with Crippen LogP contribution in [0.15, 0.2) is 84.9 Å². The van der Waals surface area contributed by atoms with Gasteiger partial charge in [0.2, 0.25) is 0 Å². The molecule has 1 aliphatic carbocycles. The van der Waals surface area contributed by atoms with Crippen LogP contribution < -0.4 is 16.0 Å². The summed E-state index contributed by atoms with van der Waals surface area (Å²) in [7, 11) is 0. The molecule has 6 nitrogen and oxygen atoms in total. The number of benzene rings is 3. The van der Waals surface area contributed by atoms with Crippen LogP contribution in [0, 0.1) is 5.92 Å². The third-order valence-corrected chi connectivity index (χ3v) is 6.52. The molecule has 3 aromatic carbocycles. The lowest BCUT2D eigenvalue weighted by atomic mass is 10.2. The fraction of sp³-hybridized carbons (Fsp3) is 0.241. The number of halogens is 2. The van der Waals surface area contributed by atoms with Gasteiger partial charge in [0, 0.05) is 30.2 Å². The standard InChI is InChI=1S/C29H29F2N5O/c30-28(31)26-18-27(36(34-26)25-11-4-6-21(16-25)19-32)29(37)33-22-7-5-10-24(17-22)35(15-14-20-12-13-20)23-8-2-1-3-9-23/h1-11,16-18,20,28H,12-15,19,32H2,(H,33,37). The number of hydrogen-bond donors (Lipinski definition) is 2. The number of amides is 1. The molecule has 4 aromatic rings. The van der Waals surface area contributed by atoms with E-state index in [9.17, 15) is 13.6 Å². The highest BCUT2D eigenvalue weighted by molar-refractivity contribution is 6.03. The number of carbonyl (C=O) groups is 1. The summed E-state index contributed by atoms with van der Waals surface area (Å²) >= 11 is 0. The molecule has 3 N–H and O–H groups in total. The maximum Gasteiger partial charge on any atom is 0.282 e. The number of alkyl halides is 2. The second-order valence-corrected chi connectivity index (χ2v) is 9.26. The third kappa shape index (κ3) is 5.86. The fourth-order valence-electron chi connectivity index (χ4n) is 4.36. The van der Waals surface area contributed by atoms with Crippen molar-refractivity contribution in [3.8, 4) is 5.69 Å². The number of carbonyl (C=O) groups excluding carboxylic acids is 1. The van der Waals surface area contributed by atoms with E-state index in [1.807, 2.05) is 42.5 Å². The summed E-state index contributed by atoms with van der Waals surface area (Å²) in [5.74, 6) is 0.245. The maximum absolute atomic E-state index is 13.5. The van der Waals surface area contributed by atoms with Crippen molar-refractivity contribution in [1.29, 1.82) is 0 Å². The first-order valence-corrected chi connectivity index (χ1v) is 12.4. The summed E-state index contributed by atoms with van der Waals surface area (Å²) < 4.78 is 28.3. The van der Waals surface area contributed by atoms with E-state index in [1.54, 1.807) is 24.3 Å². The smallest absolute Gasteiger partial charge is 0.282 e. The molecule has 1 aromatic heterocycles. The van der Waals surface area contributed by atoms with Crippen LogP contribution in [-0.2, 0) is 6.54 Å². The van der Waals surface area contributed by atoms with Crippen molar-refractivity contribution < 1.29 is 13.6 Å². The summed E-state index contributed by atoms with van der Waals surface area (Å²) in [5, 5.41) is 6.88. The van der Waals surface area contributed by atoms with Gasteiger partial charge in [-0.2, -0.15) is 5.10 Å². The lowest BCUT2D eigenvalue weighted by Gasteiger charge is -2.25. The largest absolute Gasteiger partial charge is 0.341 e. The Balaban J connectivity index is 1.43. The van der Waals surface area contributed by atoms with Crippen molar-refractivity contribution in [2.75, 3.05) is 16.8 Å². The number of aromatic nitrogens is 2. The Labute approximate surface area is 214 Å². The Morgan fingerprint density at radius 1 is 1.00 bits per heavy atom. The lowest BCUT2D eigenvalue weighted by Crippen LogP contribution is -2.20. The summed E-state index contributed by atoms with van der Waals surface area (Å²) in [6.45, 7) is 1.15. The predicted octanol–water partition coefficient (Wildman–Crippen LogP) is 6.46. The highest BCUT2D eigenvalue weighted by atomic mass is 19.3. The van der Waals surface area contributed by atoms with Gasteiger partial charge in [-0.05, 0) is 66.4 Å². The van der Waals surface area contributed by atoms with Crippen LogP contribution in [0.25, 0.3) is 5.69 Å². The van der Waals surface area contributed by atoms with Gasteiger partial charge in [0.1, 0.15) is 11.4 Å². The van der Waals surface area contributed by atoms with Crippen LogP contribution in [0.4, 0.5) is 25.8 Å². The molecule has 1 fully saturated rings. The first-order chi connectivity index (χ1) is 18.0. The van der Waals surface area contributed by atoms with Crippen LogP contribution in [0.5, 0.6) is 0 Å². The zero-order valence-electron chi connectivity index (χ0n) is 20.4. The quantitative estimate of drug-likeness (QED) is 0.262. The van der Waals surface area contributed by atoms with E-state index in [1.165, 1.54) is 17.5 Å². The molecule has 8 heteroatoms. The van der Waals surface area contributed by atoms with E-state index in [-0.39, 0.29) is 12.2 Å². The molecule has 0 saturated heterocycles. The van der Waals surface area contributed by atoms with Gasteiger partial charge in [0.05, 0.1) is 5.69 Å². The molecule has 0 aliphatic heterocycles. The molecule has 190 valence electrons. The molecule has 1 heterocycles. The van der Waals surface area contributed by atoms with E-state index in [4.69, 9.17) is 5.73 Å². The molecule has 1 saturated carbocycles. The first kappa shape index (κ1) is 24.6. The number of nitrogens with two attached hydrogens (primary N) is 1. The molecule has 0 bridgehead atoms. The number of rotatable bonds is 10. The number of nitrogens with zero attached hydrogens (tertiary/aromatic N) is 3. The number of hydrogen-bond acceptors (Lipinski definition) is 4. The Kier molecular flexibility index (Phi) is 7.28. The van der Waals surface area contributed by atoms with E-state index in [0.29, 0.717) is 11.4 Å². The molecular formula is C29H29F2N5O. The van der Waals surface area contributed by atoms with Crippen LogP contribution in [0.1, 0.15) is 47.4 Å². The number of para-hydroxylation sites is 1. The van der Waals surface area contributed by atoms with Gasteiger partial charge < -0.3 is 16.0 Å². The number of nitrogens with one attached hydrogen (secondary N) is 1. The zero-order valence-corrected chi connectivity index (χ0v) is 20.4. The van der Waals surface area contributed by atoms with Gasteiger partial charge in [0.15, 0.2) is 0 Å². The molecule has 0 spiro atoms. The molecule has 0 atom stereocenters. The highest BCUT2D eigenvalue weighted by Gasteiger charge is 2.24. The Hall–Kier alpha value is -4.04. The van der Waals surface area contributed by atoms with Crippen molar-refractivity contribution in [3.05, 3.63) is 102 Å². The van der Waals surface area contributed by atoms with Gasteiger partial charge in [-0.3, -0.25) is 4.79 Å². The van der Waals surface area contributed by atoms with Gasteiger partial charge >= 0.3 is 0 Å². The van der Waals surface area contributed by atoms with Crippen molar-refractivity contribution in [2.24, 2.45) is 11.7 Å². The topological polar surface area (TPSA) is 76.2 Å². The second-order valence-electron chi connectivity index (χ2n) is 9.26. The average Bonchev–Trinajstić information content (AvgIpc) is 3.63. The summed E-state index contributed by atoms with van der Waals surface area (Å²) in [6, 6.07) is 25.9. The minimum Gasteiger partial charge on any atom is -0.341 e. The van der Waals surface area contributed by atoms with Crippen LogP contribution >= 0.6 is 0 Å². The van der Waals surface area contributed by atoms with E-state index < -0.39 is 18.0 Å². The van der Waals surface area contributed by atoms with Crippen LogP contribution in [-0.4, -0.2) is 22.2 Å². The van der Waals surface area contributed by atoms with Crippen LogP contribution in [0.3, 0.4) is 0 Å². The molecule has 0 radical (unpaired) electrons. The lowest BCUT2D eigenvalue weighted by molar-refractivity contribution is 0.101. The summed E-state index contributed by atoms with van der Waals surface area (Å²) in [5.41, 5.74) is 9.17. The zero-order chi connectivity index (χ0) is 25.8. The first-order valence-electron chi connectivity index (χ1n) is 12.4. The van der Waals surface area contributed by atoms with Gasteiger partial charge in [-0.25, -0.2) is 13.5 Å². The van der Waals surface area contributed by atoms with Crippen LogP contribution in [0.2, 0.25) is 0 Å². The molecule has 5 rings (SSSR count).